The van der Waals surface area contributed by atoms with E-state index in [-0.39, 0.29) is 0 Å². The Morgan fingerprint density at radius 3 is 2.93 bits per heavy atom. The summed E-state index contributed by atoms with van der Waals surface area (Å²) in [7, 11) is 0. The topological polar surface area (TPSA) is 52.3 Å². The van der Waals surface area contributed by atoms with Crippen molar-refractivity contribution in [2.75, 3.05) is 0 Å². The van der Waals surface area contributed by atoms with E-state index >= 15 is 0 Å². The molecule has 1 aromatic rings. The minimum Gasteiger partial charge on any atom is -0.464 e. The molecule has 70 valence electrons. The molecule has 1 aromatic carbocycles. The fraction of sp³-hybridized carbons (Fsp3) is 0. The number of hydrogen-bond donors (Lipinski definition) is 1. The second kappa shape index (κ2) is 3.38. The molecule has 3 heteroatoms. The summed E-state index contributed by atoms with van der Waals surface area (Å²) in [5, 5.41) is 0. The van der Waals surface area contributed by atoms with Crippen LogP contribution in [0.25, 0.3) is 6.08 Å². The first kappa shape index (κ1) is 8.56. The Kier molecular flexibility index (Phi) is 2.07. The van der Waals surface area contributed by atoms with Crippen LogP contribution in [0.3, 0.4) is 0 Å². The average Bonchev–Trinajstić information content (AvgIpc) is 2.41. The average molecular weight is 187 g/mol. The summed E-state index contributed by atoms with van der Waals surface area (Å²) in [5.41, 5.74) is 6.50. The lowest BCUT2D eigenvalue weighted by Gasteiger charge is -2.04. The molecule has 0 aromatic heterocycles. The van der Waals surface area contributed by atoms with Gasteiger partial charge < -0.3 is 10.5 Å². The van der Waals surface area contributed by atoms with Crippen molar-refractivity contribution in [1.29, 1.82) is 0 Å². The quantitative estimate of drug-likeness (QED) is 0.727. The molecule has 0 bridgehead atoms. The largest absolute Gasteiger partial charge is 0.464 e. The predicted molar refractivity (Wildman–Crippen MR) is 53.8 cm³/mol. The van der Waals surface area contributed by atoms with Crippen LogP contribution in [0.5, 0.6) is 5.75 Å². The number of carbonyl (C=O) groups is 1. The van der Waals surface area contributed by atoms with Crippen molar-refractivity contribution in [3.05, 3.63) is 47.7 Å². The molecule has 0 aliphatic carbocycles. The molecule has 1 heterocycles. The van der Waals surface area contributed by atoms with Crippen LogP contribution < -0.4 is 10.5 Å². The summed E-state index contributed by atoms with van der Waals surface area (Å²) in [5.74, 6) is 0.290. The minimum atomic E-state index is -0.432. The fourth-order valence-corrected chi connectivity index (χ4v) is 1.26. The summed E-state index contributed by atoms with van der Waals surface area (Å²) < 4.78 is 5.29. The number of primary amides is 1. The molecule has 1 aliphatic heterocycles. The maximum absolute atomic E-state index is 10.9. The van der Waals surface area contributed by atoms with Gasteiger partial charge in [-0.1, -0.05) is 12.2 Å². The summed E-state index contributed by atoms with van der Waals surface area (Å²) in [6.07, 6.45) is 7.08. The minimum absolute atomic E-state index is 0.432. The standard InChI is InChI=1S/C11H9NO2/c12-11(13)9-4-5-10-8(7-9)3-1-2-6-14-10/h1-7H,(H2,12,13). The monoisotopic (exact) mass is 187 g/mol. The van der Waals surface area contributed by atoms with Gasteiger partial charge in [-0.3, -0.25) is 4.79 Å². The third-order valence-electron chi connectivity index (χ3n) is 1.95. The molecule has 1 amide bonds. The fourth-order valence-electron chi connectivity index (χ4n) is 1.26. The number of amides is 1. The summed E-state index contributed by atoms with van der Waals surface area (Å²) in [6.45, 7) is 0. The molecule has 0 unspecified atom stereocenters. The molecule has 3 nitrogen and oxygen atoms in total. The molecule has 0 atom stereocenters. The van der Waals surface area contributed by atoms with Gasteiger partial charge in [0.2, 0.25) is 5.91 Å². The van der Waals surface area contributed by atoms with Crippen LogP contribution in [0.4, 0.5) is 0 Å². The molecular weight excluding hydrogens is 178 g/mol. The van der Waals surface area contributed by atoms with Gasteiger partial charge in [0.1, 0.15) is 5.75 Å². The van der Waals surface area contributed by atoms with Gasteiger partial charge in [-0.15, -0.1) is 0 Å². The third kappa shape index (κ3) is 1.52. The zero-order valence-electron chi connectivity index (χ0n) is 7.44. The summed E-state index contributed by atoms with van der Waals surface area (Å²) >= 11 is 0. The number of fused-ring (bicyclic) bond motifs is 1. The van der Waals surface area contributed by atoms with Crippen molar-refractivity contribution in [3.8, 4) is 5.75 Å². The Bertz CT molecular complexity index is 433. The van der Waals surface area contributed by atoms with Gasteiger partial charge in [0, 0.05) is 11.1 Å². The van der Waals surface area contributed by atoms with E-state index < -0.39 is 5.91 Å². The SMILES string of the molecule is NC(=O)c1ccc2c(c1)C=CC=CO2. The van der Waals surface area contributed by atoms with Crippen molar-refractivity contribution in [3.63, 3.8) is 0 Å². The van der Waals surface area contributed by atoms with Crippen LogP contribution in [0, 0.1) is 0 Å². The lowest BCUT2D eigenvalue weighted by Crippen LogP contribution is -2.10. The molecule has 0 saturated carbocycles. The van der Waals surface area contributed by atoms with Crippen LogP contribution in [-0.4, -0.2) is 5.91 Å². The maximum atomic E-state index is 10.9. The zero-order chi connectivity index (χ0) is 9.97. The van der Waals surface area contributed by atoms with E-state index in [9.17, 15) is 4.79 Å². The van der Waals surface area contributed by atoms with Gasteiger partial charge in [-0.25, -0.2) is 0 Å². The Labute approximate surface area is 81.5 Å². The van der Waals surface area contributed by atoms with E-state index in [0.717, 1.165) is 11.3 Å². The molecular formula is C11H9NO2. The second-order valence-electron chi connectivity index (χ2n) is 2.92. The number of rotatable bonds is 1. The van der Waals surface area contributed by atoms with Crippen molar-refractivity contribution in [2.24, 2.45) is 5.73 Å². The number of nitrogens with two attached hydrogens (primary N) is 1. The third-order valence-corrected chi connectivity index (χ3v) is 1.95. The second-order valence-corrected chi connectivity index (χ2v) is 2.92. The Balaban J connectivity index is 2.49. The van der Waals surface area contributed by atoms with Crippen LogP contribution in [0.2, 0.25) is 0 Å². The molecule has 0 radical (unpaired) electrons. The number of hydrogen-bond acceptors (Lipinski definition) is 2. The first-order valence-corrected chi connectivity index (χ1v) is 4.21. The highest BCUT2D eigenvalue weighted by Gasteiger charge is 2.06. The molecule has 2 N–H and O–H groups in total. The molecule has 14 heavy (non-hydrogen) atoms. The van der Waals surface area contributed by atoms with Crippen LogP contribution in [0.15, 0.2) is 36.6 Å². The van der Waals surface area contributed by atoms with Crippen molar-refractivity contribution < 1.29 is 9.53 Å². The number of carbonyl (C=O) groups excluding carboxylic acids is 1. The summed E-state index contributed by atoms with van der Waals surface area (Å²) in [4.78, 5) is 10.9. The molecule has 2 rings (SSSR count). The van der Waals surface area contributed by atoms with Gasteiger partial charge in [-0.2, -0.15) is 0 Å². The van der Waals surface area contributed by atoms with E-state index in [0.29, 0.717) is 5.56 Å². The predicted octanol–water partition coefficient (Wildman–Crippen LogP) is 1.70. The lowest BCUT2D eigenvalue weighted by molar-refractivity contribution is 0.100. The Hall–Kier alpha value is -2.03. The van der Waals surface area contributed by atoms with Gasteiger partial charge in [0.05, 0.1) is 6.26 Å². The first-order chi connectivity index (χ1) is 6.77. The number of allylic oxidation sites excluding steroid dienone is 2. The normalized spacial score (nSPS) is 12.9. The highest BCUT2D eigenvalue weighted by atomic mass is 16.5. The van der Waals surface area contributed by atoms with E-state index in [2.05, 4.69) is 0 Å². The molecule has 0 saturated heterocycles. The smallest absolute Gasteiger partial charge is 0.248 e. The van der Waals surface area contributed by atoms with E-state index in [1.165, 1.54) is 0 Å². The van der Waals surface area contributed by atoms with Gasteiger partial charge in [-0.05, 0) is 24.3 Å². The zero-order valence-corrected chi connectivity index (χ0v) is 7.44. The number of ether oxygens (including phenoxy) is 1. The van der Waals surface area contributed by atoms with Crippen LogP contribution in [0.1, 0.15) is 15.9 Å². The van der Waals surface area contributed by atoms with Crippen LogP contribution in [-0.2, 0) is 0 Å². The van der Waals surface area contributed by atoms with Crippen molar-refractivity contribution >= 4 is 12.0 Å². The molecule has 1 aliphatic rings. The molecule has 0 spiro atoms. The van der Waals surface area contributed by atoms with Crippen LogP contribution >= 0.6 is 0 Å². The Morgan fingerprint density at radius 2 is 2.14 bits per heavy atom. The van der Waals surface area contributed by atoms with E-state index in [1.807, 2.05) is 12.2 Å². The summed E-state index contributed by atoms with van der Waals surface area (Å²) in [6, 6.07) is 5.09. The lowest BCUT2D eigenvalue weighted by atomic mass is 10.1. The molecule has 0 fully saturated rings. The van der Waals surface area contributed by atoms with E-state index in [4.69, 9.17) is 10.5 Å². The highest BCUT2D eigenvalue weighted by molar-refractivity contribution is 5.93. The number of benzene rings is 1. The first-order valence-electron chi connectivity index (χ1n) is 4.21. The van der Waals surface area contributed by atoms with Gasteiger partial charge >= 0.3 is 0 Å². The maximum Gasteiger partial charge on any atom is 0.248 e. The highest BCUT2D eigenvalue weighted by Crippen LogP contribution is 2.23. The Morgan fingerprint density at radius 1 is 1.29 bits per heavy atom. The van der Waals surface area contributed by atoms with Gasteiger partial charge in [0.25, 0.3) is 0 Å². The van der Waals surface area contributed by atoms with Crippen molar-refractivity contribution in [1.82, 2.24) is 0 Å². The van der Waals surface area contributed by atoms with Crippen molar-refractivity contribution in [2.45, 2.75) is 0 Å². The van der Waals surface area contributed by atoms with E-state index in [1.54, 1.807) is 30.5 Å². The van der Waals surface area contributed by atoms with Gasteiger partial charge in [0.15, 0.2) is 0 Å².